The van der Waals surface area contributed by atoms with Gasteiger partial charge in [-0.3, -0.25) is 9.88 Å². The topological polar surface area (TPSA) is 19.4 Å². The fourth-order valence-electron chi connectivity index (χ4n) is 3.62. The summed E-state index contributed by atoms with van der Waals surface area (Å²) in [6, 6.07) is 11.4. The molecule has 104 valence electrons. The third-order valence-corrected chi connectivity index (χ3v) is 4.78. The Hall–Kier alpha value is -1.61. The minimum absolute atomic E-state index is 0.754. The summed E-state index contributed by atoms with van der Waals surface area (Å²) in [5, 5.41) is 1.25. The van der Waals surface area contributed by atoms with Crippen molar-refractivity contribution in [2.24, 2.45) is 0 Å². The zero-order valence-corrected chi connectivity index (χ0v) is 11.8. The summed E-state index contributed by atoms with van der Waals surface area (Å²) in [7, 11) is 0. The molecule has 1 unspecified atom stereocenters. The summed E-state index contributed by atoms with van der Waals surface area (Å²) >= 11 is 0. The van der Waals surface area contributed by atoms with Gasteiger partial charge in [0, 0.05) is 31.1 Å². The molecule has 3 heterocycles. The number of aromatic nitrogens is 1. The molecule has 2 aliphatic heterocycles. The average molecular weight is 267 g/mol. The molecule has 0 radical (unpaired) electrons. The van der Waals surface area contributed by atoms with Crippen LogP contribution in [-0.4, -0.2) is 42.1 Å². The maximum atomic E-state index is 4.61. The van der Waals surface area contributed by atoms with E-state index in [9.17, 15) is 0 Å². The zero-order valence-electron chi connectivity index (χ0n) is 11.8. The van der Waals surface area contributed by atoms with Gasteiger partial charge in [-0.15, -0.1) is 0 Å². The number of anilines is 1. The van der Waals surface area contributed by atoms with Crippen LogP contribution in [0.1, 0.15) is 19.3 Å². The molecule has 0 bridgehead atoms. The summed E-state index contributed by atoms with van der Waals surface area (Å²) in [5.41, 5.74) is 2.38. The Balaban J connectivity index is 1.59. The fourth-order valence-corrected chi connectivity index (χ4v) is 3.62. The monoisotopic (exact) mass is 267 g/mol. The second-order valence-electron chi connectivity index (χ2n) is 6.02. The number of hydrogen-bond donors (Lipinski definition) is 0. The van der Waals surface area contributed by atoms with Crippen molar-refractivity contribution in [3.05, 3.63) is 36.5 Å². The highest BCUT2D eigenvalue weighted by atomic mass is 15.3. The van der Waals surface area contributed by atoms with E-state index in [2.05, 4.69) is 45.1 Å². The molecule has 0 N–H and O–H groups in total. The minimum atomic E-state index is 0.754. The Morgan fingerprint density at radius 1 is 1.05 bits per heavy atom. The molecule has 20 heavy (non-hydrogen) atoms. The summed E-state index contributed by atoms with van der Waals surface area (Å²) in [5.74, 6) is 0. The van der Waals surface area contributed by atoms with Gasteiger partial charge in [-0.05, 0) is 31.5 Å². The van der Waals surface area contributed by atoms with Crippen LogP contribution in [0.4, 0.5) is 5.69 Å². The molecule has 0 saturated carbocycles. The van der Waals surface area contributed by atoms with Gasteiger partial charge in [-0.2, -0.15) is 0 Å². The van der Waals surface area contributed by atoms with Crippen LogP contribution in [0.3, 0.4) is 0 Å². The maximum Gasteiger partial charge on any atom is 0.0703 e. The van der Waals surface area contributed by atoms with Crippen molar-refractivity contribution in [1.82, 2.24) is 9.88 Å². The predicted octanol–water partition coefficient (Wildman–Crippen LogP) is 2.91. The van der Waals surface area contributed by atoms with Crippen LogP contribution in [-0.2, 0) is 0 Å². The van der Waals surface area contributed by atoms with Crippen LogP contribution < -0.4 is 4.90 Å². The molecule has 1 atom stereocenters. The fraction of sp³-hybridized carbons (Fsp3) is 0.471. The number of rotatable bonds is 1. The van der Waals surface area contributed by atoms with Crippen LogP contribution in [0.15, 0.2) is 36.5 Å². The molecule has 2 fully saturated rings. The minimum Gasteiger partial charge on any atom is -0.367 e. The van der Waals surface area contributed by atoms with Crippen molar-refractivity contribution in [2.75, 3.05) is 31.1 Å². The highest BCUT2D eigenvalue weighted by Crippen LogP contribution is 2.26. The van der Waals surface area contributed by atoms with Gasteiger partial charge in [0.05, 0.1) is 17.4 Å². The van der Waals surface area contributed by atoms with Crippen molar-refractivity contribution in [1.29, 1.82) is 0 Å². The molecular weight excluding hydrogens is 246 g/mol. The van der Waals surface area contributed by atoms with E-state index < -0.39 is 0 Å². The van der Waals surface area contributed by atoms with Crippen LogP contribution in [0, 0.1) is 0 Å². The Bertz CT molecular complexity index is 610. The normalized spacial score (nSPS) is 23.8. The molecule has 0 amide bonds. The van der Waals surface area contributed by atoms with Crippen molar-refractivity contribution < 1.29 is 0 Å². The number of fused-ring (bicyclic) bond motifs is 2. The first-order valence-corrected chi connectivity index (χ1v) is 7.74. The zero-order chi connectivity index (χ0) is 13.4. The van der Waals surface area contributed by atoms with Crippen LogP contribution in [0.2, 0.25) is 0 Å². The van der Waals surface area contributed by atoms with Gasteiger partial charge in [0.15, 0.2) is 0 Å². The lowest BCUT2D eigenvalue weighted by atomic mass is 9.99. The first-order chi connectivity index (χ1) is 9.90. The summed E-state index contributed by atoms with van der Waals surface area (Å²) in [6.07, 6.45) is 6.18. The molecule has 0 aliphatic carbocycles. The molecule has 3 nitrogen and oxygen atoms in total. The maximum absolute atomic E-state index is 4.61. The van der Waals surface area contributed by atoms with Gasteiger partial charge in [0.1, 0.15) is 0 Å². The first-order valence-electron chi connectivity index (χ1n) is 7.74. The van der Waals surface area contributed by atoms with Gasteiger partial charge in [-0.25, -0.2) is 0 Å². The largest absolute Gasteiger partial charge is 0.367 e. The lowest BCUT2D eigenvalue weighted by Gasteiger charge is -2.44. The molecule has 3 heteroatoms. The van der Waals surface area contributed by atoms with Crippen molar-refractivity contribution in [3.8, 4) is 0 Å². The SMILES string of the molecule is c1ccc2ncc(N3CCN4CCCCC4C3)cc2c1. The van der Waals surface area contributed by atoms with Gasteiger partial charge in [0.2, 0.25) is 0 Å². The van der Waals surface area contributed by atoms with Crippen LogP contribution in [0.25, 0.3) is 10.9 Å². The van der Waals surface area contributed by atoms with E-state index in [1.807, 2.05) is 6.20 Å². The van der Waals surface area contributed by atoms with Gasteiger partial charge < -0.3 is 4.90 Å². The van der Waals surface area contributed by atoms with Crippen LogP contribution in [0.5, 0.6) is 0 Å². The molecule has 1 aromatic carbocycles. The molecule has 2 aromatic rings. The van der Waals surface area contributed by atoms with E-state index in [1.54, 1.807) is 0 Å². The standard InChI is InChI=1S/C17H21N3/c1-2-7-17-14(5-1)11-16(12-18-17)20-10-9-19-8-4-3-6-15(19)13-20/h1-2,5,7,11-12,15H,3-4,6,8-10,13H2. The predicted molar refractivity (Wildman–Crippen MR) is 83.2 cm³/mol. The highest BCUT2D eigenvalue weighted by Gasteiger charge is 2.28. The number of nitrogens with zero attached hydrogens (tertiary/aromatic N) is 3. The lowest BCUT2D eigenvalue weighted by Crippen LogP contribution is -2.54. The third-order valence-electron chi connectivity index (χ3n) is 4.78. The van der Waals surface area contributed by atoms with Gasteiger partial charge >= 0.3 is 0 Å². The lowest BCUT2D eigenvalue weighted by molar-refractivity contribution is 0.133. The molecule has 0 spiro atoms. The quantitative estimate of drug-likeness (QED) is 0.792. The van der Waals surface area contributed by atoms with E-state index in [4.69, 9.17) is 0 Å². The second-order valence-corrected chi connectivity index (χ2v) is 6.02. The first kappa shape index (κ1) is 12.2. The molecule has 2 saturated heterocycles. The summed E-state index contributed by atoms with van der Waals surface area (Å²) < 4.78 is 0. The number of para-hydroxylation sites is 1. The number of piperidine rings is 1. The van der Waals surface area contributed by atoms with E-state index in [0.29, 0.717) is 0 Å². The van der Waals surface area contributed by atoms with Crippen molar-refractivity contribution in [3.63, 3.8) is 0 Å². The van der Waals surface area contributed by atoms with Crippen molar-refractivity contribution >= 4 is 16.6 Å². The molecule has 2 aliphatic rings. The second kappa shape index (κ2) is 5.06. The van der Waals surface area contributed by atoms with Crippen LogP contribution >= 0.6 is 0 Å². The molecule has 4 rings (SSSR count). The van der Waals surface area contributed by atoms with E-state index in [-0.39, 0.29) is 0 Å². The Labute approximate surface area is 120 Å². The highest BCUT2D eigenvalue weighted by molar-refractivity contribution is 5.81. The Kier molecular flexibility index (Phi) is 3.07. The van der Waals surface area contributed by atoms with Crippen molar-refractivity contribution in [2.45, 2.75) is 25.3 Å². The van der Waals surface area contributed by atoms with E-state index >= 15 is 0 Å². The number of benzene rings is 1. The number of piperazine rings is 1. The third kappa shape index (κ3) is 2.16. The smallest absolute Gasteiger partial charge is 0.0703 e. The van der Waals surface area contributed by atoms with Gasteiger partial charge in [-0.1, -0.05) is 24.6 Å². The molecular formula is C17H21N3. The Morgan fingerprint density at radius 2 is 2.00 bits per heavy atom. The molecule has 1 aromatic heterocycles. The average Bonchev–Trinajstić information content (AvgIpc) is 2.54. The number of hydrogen-bond acceptors (Lipinski definition) is 3. The summed E-state index contributed by atoms with van der Waals surface area (Å²) in [6.45, 7) is 4.81. The van der Waals surface area contributed by atoms with E-state index in [1.165, 1.54) is 50.0 Å². The summed E-state index contributed by atoms with van der Waals surface area (Å²) in [4.78, 5) is 9.80. The van der Waals surface area contributed by atoms with E-state index in [0.717, 1.165) is 18.1 Å². The van der Waals surface area contributed by atoms with Gasteiger partial charge in [0.25, 0.3) is 0 Å². The Morgan fingerprint density at radius 3 is 3.00 bits per heavy atom. The number of pyridine rings is 1.